The van der Waals surface area contributed by atoms with Crippen molar-refractivity contribution in [3.8, 4) is 28.4 Å². The number of nitrogens with zero attached hydrogens (tertiary/aromatic N) is 4. The van der Waals surface area contributed by atoms with E-state index in [2.05, 4.69) is 15.1 Å². The summed E-state index contributed by atoms with van der Waals surface area (Å²) in [5.41, 5.74) is 1.93. The number of nitrogens with one attached hydrogen (secondary N) is 1. The lowest BCUT2D eigenvalue weighted by molar-refractivity contribution is 0.413. The lowest BCUT2D eigenvalue weighted by Crippen LogP contribution is -2.37. The summed E-state index contributed by atoms with van der Waals surface area (Å²) in [7, 11) is -0.447. The summed E-state index contributed by atoms with van der Waals surface area (Å²) in [5, 5.41) is 4.90. The van der Waals surface area contributed by atoms with Gasteiger partial charge >= 0.3 is 0 Å². The summed E-state index contributed by atoms with van der Waals surface area (Å²) in [4.78, 5) is 20.7. The minimum absolute atomic E-state index is 0.148. The summed E-state index contributed by atoms with van der Waals surface area (Å²) in [5.74, 6) is 2.13. The van der Waals surface area contributed by atoms with Crippen LogP contribution in [0.25, 0.3) is 33.7 Å². The van der Waals surface area contributed by atoms with Gasteiger partial charge in [-0.3, -0.25) is 4.79 Å². The summed E-state index contributed by atoms with van der Waals surface area (Å²) in [6, 6.07) is 14.1. The van der Waals surface area contributed by atoms with Crippen molar-refractivity contribution in [1.29, 1.82) is 0 Å². The standard InChI is InChI=1S/C23H23N5O4S2/c1-27-22-19(20(26-27)15-6-4-3-5-7-15)23(29)25-21(24-22)17-9-8-16(14-18(17)32-2)34(30,31)28-10-12-33-13-11-28/h3-9,14H,10-13H2,1-2H3,(H,24,25,29). The molecule has 11 heteroatoms. The van der Waals surface area contributed by atoms with Crippen LogP contribution in [0.4, 0.5) is 0 Å². The van der Waals surface area contributed by atoms with Crippen LogP contribution >= 0.6 is 11.8 Å². The van der Waals surface area contributed by atoms with Gasteiger partial charge in [0.15, 0.2) is 5.65 Å². The van der Waals surface area contributed by atoms with Gasteiger partial charge in [0, 0.05) is 43.3 Å². The maximum Gasteiger partial charge on any atom is 0.262 e. The second-order valence-corrected chi connectivity index (χ2v) is 11.0. The van der Waals surface area contributed by atoms with Gasteiger partial charge in [-0.05, 0) is 12.1 Å². The number of fused-ring (bicyclic) bond motifs is 1. The van der Waals surface area contributed by atoms with E-state index < -0.39 is 10.0 Å². The topological polar surface area (TPSA) is 110 Å². The zero-order valence-corrected chi connectivity index (χ0v) is 20.3. The quantitative estimate of drug-likeness (QED) is 0.451. The zero-order chi connectivity index (χ0) is 23.9. The molecule has 1 fully saturated rings. The number of rotatable bonds is 5. The number of thioether (sulfide) groups is 1. The predicted octanol–water partition coefficient (Wildman–Crippen LogP) is 2.74. The number of H-pyrrole nitrogens is 1. The van der Waals surface area contributed by atoms with Gasteiger partial charge in [-0.2, -0.15) is 21.2 Å². The first-order valence-electron chi connectivity index (χ1n) is 10.7. The minimum atomic E-state index is -3.64. The highest BCUT2D eigenvalue weighted by atomic mass is 32.2. The van der Waals surface area contributed by atoms with Crippen LogP contribution in [-0.4, -0.2) is 64.2 Å². The van der Waals surface area contributed by atoms with E-state index in [-0.39, 0.29) is 16.3 Å². The molecule has 3 heterocycles. The first kappa shape index (κ1) is 22.6. The van der Waals surface area contributed by atoms with Crippen LogP contribution in [0.15, 0.2) is 58.2 Å². The van der Waals surface area contributed by atoms with E-state index in [0.717, 1.165) is 17.1 Å². The van der Waals surface area contributed by atoms with Crippen LogP contribution in [0.2, 0.25) is 0 Å². The molecule has 0 aliphatic carbocycles. The van der Waals surface area contributed by atoms with Crippen molar-refractivity contribution in [3.05, 3.63) is 58.9 Å². The first-order valence-corrected chi connectivity index (χ1v) is 13.3. The normalized spacial score (nSPS) is 15.0. The maximum absolute atomic E-state index is 13.1. The van der Waals surface area contributed by atoms with E-state index in [9.17, 15) is 13.2 Å². The molecule has 4 aromatic rings. The molecule has 1 N–H and O–H groups in total. The van der Waals surface area contributed by atoms with Crippen molar-refractivity contribution >= 4 is 32.8 Å². The van der Waals surface area contributed by atoms with Crippen LogP contribution in [0.1, 0.15) is 0 Å². The number of ether oxygens (including phenoxy) is 1. The second-order valence-electron chi connectivity index (χ2n) is 7.83. The van der Waals surface area contributed by atoms with Crippen molar-refractivity contribution in [2.75, 3.05) is 31.7 Å². The molecule has 34 heavy (non-hydrogen) atoms. The van der Waals surface area contributed by atoms with Gasteiger partial charge in [0.2, 0.25) is 10.0 Å². The molecule has 0 radical (unpaired) electrons. The van der Waals surface area contributed by atoms with E-state index in [1.165, 1.54) is 23.5 Å². The van der Waals surface area contributed by atoms with Gasteiger partial charge in [-0.1, -0.05) is 30.3 Å². The van der Waals surface area contributed by atoms with Gasteiger partial charge in [-0.25, -0.2) is 18.1 Å². The number of aryl methyl sites for hydroxylation is 1. The highest BCUT2D eigenvalue weighted by Crippen LogP contribution is 2.33. The fourth-order valence-corrected chi connectivity index (χ4v) is 6.64. The van der Waals surface area contributed by atoms with Crippen LogP contribution in [-0.2, 0) is 17.1 Å². The zero-order valence-electron chi connectivity index (χ0n) is 18.7. The van der Waals surface area contributed by atoms with Gasteiger partial charge < -0.3 is 9.72 Å². The smallest absolute Gasteiger partial charge is 0.262 e. The fourth-order valence-electron chi connectivity index (χ4n) is 4.05. The van der Waals surface area contributed by atoms with Crippen LogP contribution in [0.3, 0.4) is 0 Å². The predicted molar refractivity (Wildman–Crippen MR) is 133 cm³/mol. The lowest BCUT2D eigenvalue weighted by atomic mass is 10.1. The highest BCUT2D eigenvalue weighted by Gasteiger charge is 2.27. The van der Waals surface area contributed by atoms with Crippen molar-refractivity contribution < 1.29 is 13.2 Å². The van der Waals surface area contributed by atoms with E-state index >= 15 is 0 Å². The number of benzene rings is 2. The van der Waals surface area contributed by atoms with Gasteiger partial charge in [0.1, 0.15) is 22.7 Å². The van der Waals surface area contributed by atoms with Crippen molar-refractivity contribution in [3.63, 3.8) is 0 Å². The van der Waals surface area contributed by atoms with Gasteiger partial charge in [-0.15, -0.1) is 0 Å². The molecule has 0 atom stereocenters. The van der Waals surface area contributed by atoms with Crippen LogP contribution in [0, 0.1) is 0 Å². The average Bonchev–Trinajstić information content (AvgIpc) is 3.21. The Balaban J connectivity index is 1.60. The number of hydrogen-bond donors (Lipinski definition) is 1. The van der Waals surface area contributed by atoms with Crippen molar-refractivity contribution in [2.24, 2.45) is 7.05 Å². The van der Waals surface area contributed by atoms with Gasteiger partial charge in [0.05, 0.1) is 17.6 Å². The molecule has 2 aromatic carbocycles. The summed E-state index contributed by atoms with van der Waals surface area (Å²) >= 11 is 1.74. The average molecular weight is 498 g/mol. The Morgan fingerprint density at radius 2 is 1.82 bits per heavy atom. The molecule has 176 valence electrons. The molecule has 0 spiro atoms. The Bertz CT molecular complexity index is 1520. The van der Waals surface area contributed by atoms with E-state index in [1.807, 2.05) is 30.3 Å². The Labute approximate surface area is 200 Å². The third-order valence-corrected chi connectivity index (χ3v) is 8.61. The van der Waals surface area contributed by atoms with E-state index in [4.69, 9.17) is 4.74 Å². The van der Waals surface area contributed by atoms with Crippen LogP contribution < -0.4 is 10.3 Å². The Morgan fingerprint density at radius 3 is 2.53 bits per heavy atom. The molecule has 0 saturated carbocycles. The molecule has 0 unspecified atom stereocenters. The summed E-state index contributed by atoms with van der Waals surface area (Å²) in [6.45, 7) is 0.958. The third-order valence-electron chi connectivity index (χ3n) is 5.78. The number of aromatic nitrogens is 4. The summed E-state index contributed by atoms with van der Waals surface area (Å²) in [6.07, 6.45) is 0. The fraction of sp³-hybridized carbons (Fsp3) is 0.261. The summed E-state index contributed by atoms with van der Waals surface area (Å²) < 4.78 is 34.7. The van der Waals surface area contributed by atoms with E-state index in [1.54, 1.807) is 29.6 Å². The lowest BCUT2D eigenvalue weighted by Gasteiger charge is -2.25. The molecular weight excluding hydrogens is 474 g/mol. The molecular formula is C23H23N5O4S2. The molecule has 0 bridgehead atoms. The minimum Gasteiger partial charge on any atom is -0.496 e. The Kier molecular flexibility index (Phi) is 5.92. The molecule has 5 rings (SSSR count). The molecule has 0 amide bonds. The molecule has 1 aliphatic rings. The van der Waals surface area contributed by atoms with Crippen LogP contribution in [0.5, 0.6) is 5.75 Å². The van der Waals surface area contributed by atoms with E-state index in [0.29, 0.717) is 41.1 Å². The monoisotopic (exact) mass is 497 g/mol. The SMILES string of the molecule is COc1cc(S(=O)(=O)N2CCSCC2)ccc1-c1nc2c(c(-c3ccccc3)nn2C)c(=O)[nH]1. The largest absolute Gasteiger partial charge is 0.496 e. The number of hydrogen-bond acceptors (Lipinski definition) is 7. The maximum atomic E-state index is 13.1. The third kappa shape index (κ3) is 3.89. The van der Waals surface area contributed by atoms with Crippen molar-refractivity contribution in [1.82, 2.24) is 24.1 Å². The Hall–Kier alpha value is -3.15. The molecule has 9 nitrogen and oxygen atoms in total. The first-order chi connectivity index (χ1) is 16.4. The molecule has 2 aromatic heterocycles. The molecule has 1 saturated heterocycles. The molecule has 1 aliphatic heterocycles. The highest BCUT2D eigenvalue weighted by molar-refractivity contribution is 7.99. The number of aromatic amines is 1. The Morgan fingerprint density at radius 1 is 1.09 bits per heavy atom. The number of methoxy groups -OCH3 is 1. The number of sulfonamides is 1. The van der Waals surface area contributed by atoms with Gasteiger partial charge in [0.25, 0.3) is 5.56 Å². The van der Waals surface area contributed by atoms with Crippen molar-refractivity contribution in [2.45, 2.75) is 4.90 Å². The second kappa shape index (κ2) is 8.90.